The second-order valence-corrected chi connectivity index (χ2v) is 8.11. The first-order valence-corrected chi connectivity index (χ1v) is 8.43. The van der Waals surface area contributed by atoms with Crippen molar-refractivity contribution in [1.29, 1.82) is 0 Å². The molecule has 0 spiro atoms. The van der Waals surface area contributed by atoms with Gasteiger partial charge < -0.3 is 10.5 Å². The molecule has 5 nitrogen and oxygen atoms in total. The SMILES string of the molecule is COCCC(C)(C)CNS(=O)(=O)c1cc(CN)cs1. The summed E-state index contributed by atoms with van der Waals surface area (Å²) in [7, 11) is -1.80. The minimum atomic E-state index is -3.44. The van der Waals surface area contributed by atoms with Crippen molar-refractivity contribution >= 4 is 21.4 Å². The Kier molecular flexibility index (Phi) is 5.94. The highest BCUT2D eigenvalue weighted by Gasteiger charge is 2.23. The van der Waals surface area contributed by atoms with E-state index in [1.54, 1.807) is 18.6 Å². The number of methoxy groups -OCH3 is 1. The third kappa shape index (κ3) is 5.19. The molecule has 0 amide bonds. The van der Waals surface area contributed by atoms with Crippen LogP contribution in [0.15, 0.2) is 15.7 Å². The van der Waals surface area contributed by atoms with Crippen molar-refractivity contribution in [1.82, 2.24) is 4.72 Å². The van der Waals surface area contributed by atoms with Crippen LogP contribution in [0.5, 0.6) is 0 Å². The van der Waals surface area contributed by atoms with Gasteiger partial charge in [0, 0.05) is 26.8 Å². The van der Waals surface area contributed by atoms with Crippen LogP contribution in [0.2, 0.25) is 0 Å². The van der Waals surface area contributed by atoms with Gasteiger partial charge in [0.2, 0.25) is 10.0 Å². The average Bonchev–Trinajstić information content (AvgIpc) is 2.84. The fourth-order valence-electron chi connectivity index (χ4n) is 1.43. The zero-order chi connectivity index (χ0) is 14.5. The van der Waals surface area contributed by atoms with E-state index in [1.807, 2.05) is 13.8 Å². The number of hydrogen-bond acceptors (Lipinski definition) is 5. The van der Waals surface area contributed by atoms with Gasteiger partial charge >= 0.3 is 0 Å². The molecular formula is C12H22N2O3S2. The molecule has 0 saturated heterocycles. The van der Waals surface area contributed by atoms with Gasteiger partial charge in [0.1, 0.15) is 4.21 Å². The Morgan fingerprint density at radius 2 is 2.16 bits per heavy atom. The number of hydrogen-bond donors (Lipinski definition) is 2. The van der Waals surface area contributed by atoms with Crippen LogP contribution in [0, 0.1) is 5.41 Å². The van der Waals surface area contributed by atoms with Crippen LogP contribution in [0.25, 0.3) is 0 Å². The number of sulfonamides is 1. The Hall–Kier alpha value is -0.470. The molecule has 3 N–H and O–H groups in total. The highest BCUT2D eigenvalue weighted by Crippen LogP contribution is 2.23. The molecule has 19 heavy (non-hydrogen) atoms. The van der Waals surface area contributed by atoms with Gasteiger partial charge in [-0.25, -0.2) is 13.1 Å². The first-order valence-electron chi connectivity index (χ1n) is 6.07. The van der Waals surface area contributed by atoms with Gasteiger partial charge in [0.05, 0.1) is 0 Å². The third-order valence-electron chi connectivity index (χ3n) is 2.85. The smallest absolute Gasteiger partial charge is 0.250 e. The predicted molar refractivity (Wildman–Crippen MR) is 77.7 cm³/mol. The molecule has 1 aromatic rings. The maximum absolute atomic E-state index is 12.1. The van der Waals surface area contributed by atoms with E-state index in [9.17, 15) is 8.42 Å². The normalized spacial score (nSPS) is 12.8. The molecule has 0 aliphatic rings. The van der Waals surface area contributed by atoms with Crippen molar-refractivity contribution in [3.8, 4) is 0 Å². The van der Waals surface area contributed by atoms with E-state index in [2.05, 4.69) is 4.72 Å². The van der Waals surface area contributed by atoms with E-state index < -0.39 is 10.0 Å². The van der Waals surface area contributed by atoms with E-state index in [0.717, 1.165) is 12.0 Å². The zero-order valence-electron chi connectivity index (χ0n) is 11.6. The van der Waals surface area contributed by atoms with Gasteiger partial charge in [-0.3, -0.25) is 0 Å². The molecule has 0 aliphatic carbocycles. The van der Waals surface area contributed by atoms with Crippen molar-refractivity contribution in [3.05, 3.63) is 17.0 Å². The second-order valence-electron chi connectivity index (χ2n) is 5.21. The summed E-state index contributed by atoms with van der Waals surface area (Å²) in [5.74, 6) is 0. The summed E-state index contributed by atoms with van der Waals surface area (Å²) < 4.78 is 32.2. The minimum absolute atomic E-state index is 0.142. The fraction of sp³-hybridized carbons (Fsp3) is 0.667. The van der Waals surface area contributed by atoms with E-state index in [0.29, 0.717) is 23.9 Å². The van der Waals surface area contributed by atoms with Gasteiger partial charge in [0.15, 0.2) is 0 Å². The Bertz CT molecular complexity index is 495. The highest BCUT2D eigenvalue weighted by atomic mass is 32.2. The molecule has 0 saturated carbocycles. The third-order valence-corrected chi connectivity index (χ3v) is 5.74. The van der Waals surface area contributed by atoms with Crippen molar-refractivity contribution in [2.75, 3.05) is 20.3 Å². The molecule has 0 atom stereocenters. The van der Waals surface area contributed by atoms with Gasteiger partial charge in [-0.2, -0.15) is 0 Å². The second kappa shape index (κ2) is 6.81. The number of nitrogens with one attached hydrogen (secondary N) is 1. The molecule has 1 aromatic heterocycles. The van der Waals surface area contributed by atoms with Gasteiger partial charge in [0.25, 0.3) is 0 Å². The van der Waals surface area contributed by atoms with Crippen LogP contribution >= 0.6 is 11.3 Å². The van der Waals surface area contributed by atoms with Crippen LogP contribution in [0.4, 0.5) is 0 Å². The number of nitrogens with two attached hydrogens (primary N) is 1. The summed E-state index contributed by atoms with van der Waals surface area (Å²) >= 11 is 1.19. The molecular weight excluding hydrogens is 284 g/mol. The number of rotatable bonds is 8. The lowest BCUT2D eigenvalue weighted by Gasteiger charge is -2.24. The Labute approximate surface area is 119 Å². The van der Waals surface area contributed by atoms with Crippen molar-refractivity contribution in [2.45, 2.75) is 31.0 Å². The molecule has 0 fully saturated rings. The summed E-state index contributed by atoms with van der Waals surface area (Å²) in [6.07, 6.45) is 0.796. The number of thiophene rings is 1. The monoisotopic (exact) mass is 306 g/mol. The molecule has 0 aliphatic heterocycles. The van der Waals surface area contributed by atoms with Crippen LogP contribution in [0.3, 0.4) is 0 Å². The summed E-state index contributed by atoms with van der Waals surface area (Å²) in [6, 6.07) is 1.62. The highest BCUT2D eigenvalue weighted by molar-refractivity contribution is 7.91. The lowest BCUT2D eigenvalue weighted by Crippen LogP contribution is -2.34. The Morgan fingerprint density at radius 1 is 1.47 bits per heavy atom. The van der Waals surface area contributed by atoms with Crippen molar-refractivity contribution in [2.24, 2.45) is 11.1 Å². The lowest BCUT2D eigenvalue weighted by atomic mass is 9.90. The first kappa shape index (κ1) is 16.6. The molecule has 7 heteroatoms. The molecule has 110 valence electrons. The molecule has 0 bridgehead atoms. The van der Waals surface area contributed by atoms with Crippen LogP contribution in [0.1, 0.15) is 25.8 Å². The van der Waals surface area contributed by atoms with Gasteiger partial charge in [-0.15, -0.1) is 11.3 Å². The van der Waals surface area contributed by atoms with Gasteiger partial charge in [-0.1, -0.05) is 13.8 Å². The first-order chi connectivity index (χ1) is 8.80. The van der Waals surface area contributed by atoms with E-state index in [1.165, 1.54) is 11.3 Å². The quantitative estimate of drug-likeness (QED) is 0.763. The topological polar surface area (TPSA) is 81.4 Å². The van der Waals surface area contributed by atoms with Crippen LogP contribution < -0.4 is 10.5 Å². The number of ether oxygens (including phenoxy) is 1. The molecule has 0 unspecified atom stereocenters. The predicted octanol–water partition coefficient (Wildman–Crippen LogP) is 1.55. The van der Waals surface area contributed by atoms with Gasteiger partial charge in [-0.05, 0) is 28.8 Å². The lowest BCUT2D eigenvalue weighted by molar-refractivity contribution is 0.153. The largest absolute Gasteiger partial charge is 0.385 e. The van der Waals surface area contributed by atoms with Crippen LogP contribution in [-0.4, -0.2) is 28.7 Å². The Morgan fingerprint density at radius 3 is 2.68 bits per heavy atom. The Balaban J connectivity index is 2.65. The minimum Gasteiger partial charge on any atom is -0.385 e. The molecule has 0 aromatic carbocycles. The van der Waals surface area contributed by atoms with E-state index in [4.69, 9.17) is 10.5 Å². The molecule has 1 rings (SSSR count). The maximum atomic E-state index is 12.1. The van der Waals surface area contributed by atoms with Crippen molar-refractivity contribution < 1.29 is 13.2 Å². The van der Waals surface area contributed by atoms with E-state index in [-0.39, 0.29) is 5.41 Å². The summed E-state index contributed by atoms with van der Waals surface area (Å²) in [6.45, 7) is 5.37. The van der Waals surface area contributed by atoms with E-state index >= 15 is 0 Å². The average molecular weight is 306 g/mol. The molecule has 1 heterocycles. The zero-order valence-corrected chi connectivity index (χ0v) is 13.2. The summed E-state index contributed by atoms with van der Waals surface area (Å²) in [5.41, 5.74) is 6.18. The van der Waals surface area contributed by atoms with Crippen LogP contribution in [-0.2, 0) is 21.3 Å². The maximum Gasteiger partial charge on any atom is 0.250 e. The summed E-state index contributed by atoms with van der Waals surface area (Å²) in [5, 5.41) is 1.77. The molecule has 0 radical (unpaired) electrons. The fourth-order valence-corrected chi connectivity index (χ4v) is 3.94. The summed E-state index contributed by atoms with van der Waals surface area (Å²) in [4.78, 5) is 0. The standard InChI is InChI=1S/C12H22N2O3S2/c1-12(2,4-5-17-3)9-14-19(15,16)11-6-10(7-13)8-18-11/h6,8,14H,4-5,7,9,13H2,1-3H3. The van der Waals surface area contributed by atoms with Crippen molar-refractivity contribution in [3.63, 3.8) is 0 Å².